The number of aromatic nitrogens is 2. The van der Waals surface area contributed by atoms with E-state index >= 15 is 0 Å². The normalized spacial score (nSPS) is 10.9. The van der Waals surface area contributed by atoms with Crippen molar-refractivity contribution in [1.29, 1.82) is 0 Å². The van der Waals surface area contributed by atoms with Crippen LogP contribution in [0.25, 0.3) is 5.52 Å². The molecule has 0 radical (unpaired) electrons. The Labute approximate surface area is 113 Å². The first-order valence-electron chi connectivity index (χ1n) is 5.63. The van der Waals surface area contributed by atoms with Crippen molar-refractivity contribution >= 4 is 21.4 Å². The fourth-order valence-electron chi connectivity index (χ4n) is 2.04. The third-order valence-corrected chi connectivity index (χ3v) is 3.47. The van der Waals surface area contributed by atoms with E-state index in [-0.39, 0.29) is 5.75 Å². The van der Waals surface area contributed by atoms with Gasteiger partial charge in [-0.3, -0.25) is 4.40 Å². The van der Waals surface area contributed by atoms with Gasteiger partial charge in [-0.2, -0.15) is 0 Å². The molecule has 1 aromatic carbocycles. The molecule has 4 heteroatoms. The second kappa shape index (κ2) is 4.46. The van der Waals surface area contributed by atoms with Crippen LogP contribution < -0.4 is 0 Å². The monoisotopic (exact) mass is 302 g/mol. The lowest BCUT2D eigenvalue weighted by Gasteiger charge is -2.04. The van der Waals surface area contributed by atoms with Gasteiger partial charge in [-0.05, 0) is 45.8 Å². The SMILES string of the molecule is Oc1cccc(Cc2ncc3cccc(Br)n23)c1. The first-order chi connectivity index (χ1) is 8.74. The molecule has 0 spiro atoms. The van der Waals surface area contributed by atoms with Gasteiger partial charge in [-0.1, -0.05) is 18.2 Å². The van der Waals surface area contributed by atoms with E-state index in [4.69, 9.17) is 0 Å². The number of phenolic OH excluding ortho intramolecular Hbond substituents is 1. The molecule has 0 atom stereocenters. The number of rotatable bonds is 2. The molecule has 18 heavy (non-hydrogen) atoms. The van der Waals surface area contributed by atoms with Gasteiger partial charge in [0.15, 0.2) is 0 Å². The summed E-state index contributed by atoms with van der Waals surface area (Å²) in [6, 6.07) is 13.2. The molecule has 2 heterocycles. The van der Waals surface area contributed by atoms with Crippen LogP contribution in [0.15, 0.2) is 53.3 Å². The molecule has 1 N–H and O–H groups in total. The van der Waals surface area contributed by atoms with Crippen molar-refractivity contribution < 1.29 is 5.11 Å². The van der Waals surface area contributed by atoms with Crippen molar-refractivity contribution in [2.45, 2.75) is 6.42 Å². The predicted octanol–water partition coefficient (Wildman–Crippen LogP) is 3.39. The number of hydrogen-bond donors (Lipinski definition) is 1. The van der Waals surface area contributed by atoms with E-state index in [0.29, 0.717) is 6.42 Å². The smallest absolute Gasteiger partial charge is 0.118 e. The lowest BCUT2D eigenvalue weighted by atomic mass is 10.1. The maximum absolute atomic E-state index is 9.47. The molecule has 3 nitrogen and oxygen atoms in total. The van der Waals surface area contributed by atoms with E-state index in [9.17, 15) is 5.11 Å². The third-order valence-electron chi connectivity index (χ3n) is 2.85. The highest BCUT2D eigenvalue weighted by molar-refractivity contribution is 9.10. The molecule has 3 aromatic rings. The highest BCUT2D eigenvalue weighted by atomic mass is 79.9. The van der Waals surface area contributed by atoms with Crippen LogP contribution in [-0.2, 0) is 6.42 Å². The maximum atomic E-state index is 9.47. The summed E-state index contributed by atoms with van der Waals surface area (Å²) in [5.41, 5.74) is 2.10. The summed E-state index contributed by atoms with van der Waals surface area (Å²) in [6.07, 6.45) is 2.54. The molecule has 2 aromatic heterocycles. The zero-order valence-electron chi connectivity index (χ0n) is 9.55. The van der Waals surface area contributed by atoms with Crippen molar-refractivity contribution in [2.75, 3.05) is 0 Å². The van der Waals surface area contributed by atoms with E-state index in [1.54, 1.807) is 12.1 Å². The van der Waals surface area contributed by atoms with Gasteiger partial charge in [0.1, 0.15) is 11.6 Å². The quantitative estimate of drug-likeness (QED) is 0.737. The van der Waals surface area contributed by atoms with Gasteiger partial charge in [-0.15, -0.1) is 0 Å². The zero-order valence-corrected chi connectivity index (χ0v) is 11.1. The Morgan fingerprint density at radius 1 is 1.17 bits per heavy atom. The number of fused-ring (bicyclic) bond motifs is 1. The predicted molar refractivity (Wildman–Crippen MR) is 73.8 cm³/mol. The number of imidazole rings is 1. The van der Waals surface area contributed by atoms with Crippen LogP contribution in [0.3, 0.4) is 0 Å². The van der Waals surface area contributed by atoms with E-state index in [1.807, 2.05) is 36.5 Å². The highest BCUT2D eigenvalue weighted by Crippen LogP contribution is 2.19. The first-order valence-corrected chi connectivity index (χ1v) is 6.42. The van der Waals surface area contributed by atoms with E-state index in [2.05, 4.69) is 25.3 Å². The molecule has 0 saturated carbocycles. The summed E-state index contributed by atoms with van der Waals surface area (Å²) in [5.74, 6) is 1.23. The van der Waals surface area contributed by atoms with Crippen molar-refractivity contribution in [1.82, 2.24) is 9.38 Å². The minimum absolute atomic E-state index is 0.285. The standard InChI is InChI=1S/C14H11BrN2O/c15-13-6-2-4-11-9-16-14(17(11)13)8-10-3-1-5-12(18)7-10/h1-7,9,18H,8H2. The lowest BCUT2D eigenvalue weighted by Crippen LogP contribution is -1.97. The average Bonchev–Trinajstić information content (AvgIpc) is 2.74. The van der Waals surface area contributed by atoms with Crippen LogP contribution in [-0.4, -0.2) is 14.5 Å². The Morgan fingerprint density at radius 2 is 2.00 bits per heavy atom. The fraction of sp³-hybridized carbons (Fsp3) is 0.0714. The van der Waals surface area contributed by atoms with E-state index in [1.165, 1.54) is 0 Å². The molecule has 0 bridgehead atoms. The van der Waals surface area contributed by atoms with Gasteiger partial charge in [0.2, 0.25) is 0 Å². The minimum Gasteiger partial charge on any atom is -0.508 e. The summed E-state index contributed by atoms with van der Waals surface area (Å²) in [4.78, 5) is 4.43. The Kier molecular flexibility index (Phi) is 2.80. The van der Waals surface area contributed by atoms with Gasteiger partial charge in [0, 0.05) is 6.42 Å². The lowest BCUT2D eigenvalue weighted by molar-refractivity contribution is 0.474. The van der Waals surface area contributed by atoms with Crippen LogP contribution in [0.4, 0.5) is 0 Å². The van der Waals surface area contributed by atoms with Crippen molar-refractivity contribution in [3.8, 4) is 5.75 Å². The number of pyridine rings is 1. The topological polar surface area (TPSA) is 37.5 Å². The number of phenols is 1. The highest BCUT2D eigenvalue weighted by Gasteiger charge is 2.07. The van der Waals surface area contributed by atoms with Gasteiger partial charge in [0.25, 0.3) is 0 Å². The Hall–Kier alpha value is -1.81. The molecule has 0 fully saturated rings. The third kappa shape index (κ3) is 1.99. The maximum Gasteiger partial charge on any atom is 0.118 e. The average molecular weight is 303 g/mol. The van der Waals surface area contributed by atoms with Crippen molar-refractivity contribution in [3.05, 3.63) is 64.7 Å². The number of benzene rings is 1. The van der Waals surface area contributed by atoms with Crippen LogP contribution in [0.1, 0.15) is 11.4 Å². The molecule has 90 valence electrons. The molecule has 0 aliphatic heterocycles. The molecular weight excluding hydrogens is 292 g/mol. The summed E-state index contributed by atoms with van der Waals surface area (Å²) in [6.45, 7) is 0. The molecular formula is C14H11BrN2O. The number of nitrogens with zero attached hydrogens (tertiary/aromatic N) is 2. The molecule has 0 amide bonds. The number of hydrogen-bond acceptors (Lipinski definition) is 2. The van der Waals surface area contributed by atoms with Crippen LogP contribution in [0.2, 0.25) is 0 Å². The summed E-state index contributed by atoms with van der Waals surface area (Å²) in [7, 11) is 0. The molecule has 0 saturated heterocycles. The van der Waals surface area contributed by atoms with Crippen LogP contribution >= 0.6 is 15.9 Å². The molecule has 0 aliphatic rings. The first kappa shape index (κ1) is 11.3. The second-order valence-corrected chi connectivity index (χ2v) is 4.94. The van der Waals surface area contributed by atoms with E-state index < -0.39 is 0 Å². The Balaban J connectivity index is 2.05. The summed E-state index contributed by atoms with van der Waals surface area (Å²) >= 11 is 3.53. The van der Waals surface area contributed by atoms with Crippen LogP contribution in [0, 0.1) is 0 Å². The van der Waals surface area contributed by atoms with Crippen LogP contribution in [0.5, 0.6) is 5.75 Å². The largest absolute Gasteiger partial charge is 0.508 e. The number of aromatic hydroxyl groups is 1. The van der Waals surface area contributed by atoms with Gasteiger partial charge in [0.05, 0.1) is 16.3 Å². The number of halogens is 1. The Morgan fingerprint density at radius 3 is 2.83 bits per heavy atom. The molecule has 0 aliphatic carbocycles. The Bertz CT molecular complexity index is 706. The van der Waals surface area contributed by atoms with E-state index in [0.717, 1.165) is 21.5 Å². The molecule has 0 unspecified atom stereocenters. The fourth-order valence-corrected chi connectivity index (χ4v) is 2.61. The summed E-state index contributed by atoms with van der Waals surface area (Å²) < 4.78 is 3.04. The van der Waals surface area contributed by atoms with Crippen molar-refractivity contribution in [2.24, 2.45) is 0 Å². The van der Waals surface area contributed by atoms with Crippen molar-refractivity contribution in [3.63, 3.8) is 0 Å². The van der Waals surface area contributed by atoms with Gasteiger partial charge in [-0.25, -0.2) is 4.98 Å². The van der Waals surface area contributed by atoms with Gasteiger partial charge >= 0.3 is 0 Å². The zero-order chi connectivity index (χ0) is 12.5. The molecule has 3 rings (SSSR count). The summed E-state index contributed by atoms with van der Waals surface area (Å²) in [5, 5.41) is 9.47. The minimum atomic E-state index is 0.285. The van der Waals surface area contributed by atoms with Gasteiger partial charge < -0.3 is 5.11 Å². The second-order valence-electron chi connectivity index (χ2n) is 4.13.